The quantitative estimate of drug-likeness (QED) is 0.699. The van der Waals surface area contributed by atoms with Gasteiger partial charge in [-0.05, 0) is 30.3 Å². The Bertz CT molecular complexity index is 962. The van der Waals surface area contributed by atoms with E-state index in [2.05, 4.69) is 15.2 Å². The molecule has 0 bridgehead atoms. The predicted molar refractivity (Wildman–Crippen MR) is 84.1 cm³/mol. The van der Waals surface area contributed by atoms with Gasteiger partial charge in [0.05, 0.1) is 23.4 Å². The summed E-state index contributed by atoms with van der Waals surface area (Å²) in [4.78, 5) is 26.2. The smallest absolute Gasteiger partial charge is 0.335 e. The maximum atomic E-state index is 11.0. The highest BCUT2D eigenvalue weighted by atomic mass is 16.4. The molecule has 1 aromatic carbocycles. The van der Waals surface area contributed by atoms with E-state index in [9.17, 15) is 9.59 Å². The number of fused-ring (bicyclic) bond motifs is 1. The van der Waals surface area contributed by atoms with E-state index in [-0.39, 0.29) is 17.7 Å². The number of carboxylic acids is 2. The fourth-order valence-corrected chi connectivity index (χ4v) is 2.21. The van der Waals surface area contributed by atoms with Gasteiger partial charge in [0, 0.05) is 6.20 Å². The van der Waals surface area contributed by atoms with Crippen LogP contribution in [0, 0.1) is 0 Å². The van der Waals surface area contributed by atoms with E-state index in [4.69, 9.17) is 10.2 Å². The average molecular weight is 324 g/mol. The average Bonchev–Trinajstić information content (AvgIpc) is 2.89. The molecule has 120 valence electrons. The van der Waals surface area contributed by atoms with Gasteiger partial charge in [-0.15, -0.1) is 10.2 Å². The first kappa shape index (κ1) is 15.3. The number of carboxylic acid groups (broad SMARTS) is 2. The second-order valence-corrected chi connectivity index (χ2v) is 4.94. The molecule has 8 heteroatoms. The zero-order valence-corrected chi connectivity index (χ0v) is 12.3. The number of hydrogen-bond donors (Lipinski definition) is 2. The Morgan fingerprint density at radius 3 is 2.67 bits per heavy atom. The number of hydrogen-bond acceptors (Lipinski definition) is 5. The van der Waals surface area contributed by atoms with Crippen LogP contribution in [0.3, 0.4) is 0 Å². The number of aromatic carboxylic acids is 1. The lowest BCUT2D eigenvalue weighted by Gasteiger charge is -1.98. The molecule has 3 aromatic rings. The predicted octanol–water partition coefficient (Wildman–Crippen LogP) is 3.08. The van der Waals surface area contributed by atoms with Gasteiger partial charge in [-0.25, -0.2) is 9.78 Å². The van der Waals surface area contributed by atoms with E-state index < -0.39 is 11.9 Å². The fourth-order valence-electron chi connectivity index (χ4n) is 2.21. The second kappa shape index (κ2) is 6.29. The molecular formula is C16H12N4O4. The Morgan fingerprint density at radius 2 is 1.92 bits per heavy atom. The van der Waals surface area contributed by atoms with Gasteiger partial charge in [-0.2, -0.15) is 0 Å². The molecule has 0 unspecified atom stereocenters. The van der Waals surface area contributed by atoms with Crippen molar-refractivity contribution in [2.45, 2.75) is 6.42 Å². The third-order valence-corrected chi connectivity index (χ3v) is 3.25. The molecule has 3 rings (SSSR count). The standard InChI is InChI=1S/C16H12N4O4/c21-14(22)9-12-15(20-7-2-1-6-13(20)17-12)19-18-11-5-3-4-10(8-11)16(23)24/h1-8H,9H2,(H,21,22)(H,23,24). The SMILES string of the molecule is O=C(O)Cc1nc2ccccn2c1N=Nc1cccc(C(=O)O)c1. The summed E-state index contributed by atoms with van der Waals surface area (Å²) >= 11 is 0. The molecule has 2 N–H and O–H groups in total. The van der Waals surface area contributed by atoms with Crippen molar-refractivity contribution in [2.75, 3.05) is 0 Å². The van der Waals surface area contributed by atoms with Gasteiger partial charge in [0.25, 0.3) is 0 Å². The van der Waals surface area contributed by atoms with Crippen molar-refractivity contribution in [1.29, 1.82) is 0 Å². The highest BCUT2D eigenvalue weighted by Crippen LogP contribution is 2.25. The molecule has 2 aromatic heterocycles. The van der Waals surface area contributed by atoms with Crippen LogP contribution in [-0.2, 0) is 11.2 Å². The van der Waals surface area contributed by atoms with Crippen LogP contribution in [0.4, 0.5) is 11.5 Å². The van der Waals surface area contributed by atoms with Gasteiger partial charge in [0.2, 0.25) is 0 Å². The summed E-state index contributed by atoms with van der Waals surface area (Å²) in [7, 11) is 0. The zero-order valence-electron chi connectivity index (χ0n) is 12.3. The first-order chi connectivity index (χ1) is 11.5. The van der Waals surface area contributed by atoms with Crippen molar-refractivity contribution >= 4 is 29.1 Å². The van der Waals surface area contributed by atoms with Crippen LogP contribution in [0.2, 0.25) is 0 Å². The summed E-state index contributed by atoms with van der Waals surface area (Å²) in [5.41, 5.74) is 1.28. The third kappa shape index (κ3) is 3.12. The van der Waals surface area contributed by atoms with Crippen LogP contribution in [0.15, 0.2) is 58.9 Å². The monoisotopic (exact) mass is 324 g/mol. The molecule has 0 saturated carbocycles. The van der Waals surface area contributed by atoms with Crippen LogP contribution in [0.5, 0.6) is 0 Å². The molecule has 0 amide bonds. The van der Waals surface area contributed by atoms with Crippen molar-refractivity contribution in [3.05, 3.63) is 59.9 Å². The van der Waals surface area contributed by atoms with E-state index in [0.717, 1.165) is 0 Å². The first-order valence-electron chi connectivity index (χ1n) is 6.97. The third-order valence-electron chi connectivity index (χ3n) is 3.25. The Kier molecular flexibility index (Phi) is 4.02. The van der Waals surface area contributed by atoms with Gasteiger partial charge in [-0.3, -0.25) is 9.20 Å². The Hall–Kier alpha value is -3.55. The van der Waals surface area contributed by atoms with E-state index in [0.29, 0.717) is 17.2 Å². The van der Waals surface area contributed by atoms with Crippen molar-refractivity contribution in [3.63, 3.8) is 0 Å². The Balaban J connectivity index is 2.03. The summed E-state index contributed by atoms with van der Waals surface area (Å²) in [6.45, 7) is 0. The minimum absolute atomic E-state index is 0.0929. The Morgan fingerprint density at radius 1 is 1.08 bits per heavy atom. The van der Waals surface area contributed by atoms with Gasteiger partial charge >= 0.3 is 11.9 Å². The Labute approximate surface area is 135 Å². The minimum Gasteiger partial charge on any atom is -0.481 e. The van der Waals surface area contributed by atoms with Crippen molar-refractivity contribution in [1.82, 2.24) is 9.38 Å². The topological polar surface area (TPSA) is 117 Å². The maximum absolute atomic E-state index is 11.0. The van der Waals surface area contributed by atoms with Crippen LogP contribution in [0.25, 0.3) is 5.65 Å². The molecule has 8 nitrogen and oxygen atoms in total. The zero-order chi connectivity index (χ0) is 17.1. The van der Waals surface area contributed by atoms with E-state index in [1.807, 2.05) is 0 Å². The molecule has 0 aliphatic heterocycles. The molecule has 0 atom stereocenters. The highest BCUT2D eigenvalue weighted by Gasteiger charge is 2.14. The number of imidazole rings is 1. The number of rotatable bonds is 5. The van der Waals surface area contributed by atoms with Gasteiger partial charge in [0.15, 0.2) is 5.82 Å². The summed E-state index contributed by atoms with van der Waals surface area (Å²) in [5.74, 6) is -1.79. The van der Waals surface area contributed by atoms with Crippen LogP contribution in [-0.4, -0.2) is 31.5 Å². The van der Waals surface area contributed by atoms with Crippen LogP contribution >= 0.6 is 0 Å². The lowest BCUT2D eigenvalue weighted by molar-refractivity contribution is -0.136. The summed E-state index contributed by atoms with van der Waals surface area (Å²) < 4.78 is 1.63. The van der Waals surface area contributed by atoms with Gasteiger partial charge in [0.1, 0.15) is 5.65 Å². The minimum atomic E-state index is -1.06. The molecule has 24 heavy (non-hydrogen) atoms. The fraction of sp³-hybridized carbons (Fsp3) is 0.0625. The van der Waals surface area contributed by atoms with Crippen molar-refractivity contribution in [3.8, 4) is 0 Å². The number of aromatic nitrogens is 2. The lowest BCUT2D eigenvalue weighted by Crippen LogP contribution is -2.00. The van der Waals surface area contributed by atoms with Crippen molar-refractivity contribution < 1.29 is 19.8 Å². The maximum Gasteiger partial charge on any atom is 0.335 e. The van der Waals surface area contributed by atoms with Gasteiger partial charge < -0.3 is 10.2 Å². The van der Waals surface area contributed by atoms with E-state index >= 15 is 0 Å². The molecular weight excluding hydrogens is 312 g/mol. The second-order valence-electron chi connectivity index (χ2n) is 4.94. The summed E-state index contributed by atoms with van der Waals surface area (Å²) in [5, 5.41) is 26.1. The highest BCUT2D eigenvalue weighted by molar-refractivity contribution is 5.88. The van der Waals surface area contributed by atoms with Crippen LogP contribution in [0.1, 0.15) is 16.1 Å². The molecule has 0 spiro atoms. The summed E-state index contributed by atoms with van der Waals surface area (Å²) in [6.07, 6.45) is 1.42. The number of pyridine rings is 1. The molecule has 0 aliphatic carbocycles. The number of carbonyl (C=O) groups is 2. The number of nitrogens with zero attached hydrogens (tertiary/aromatic N) is 4. The lowest BCUT2D eigenvalue weighted by atomic mass is 10.2. The molecule has 0 saturated heterocycles. The number of azo groups is 1. The number of aliphatic carboxylic acids is 1. The first-order valence-corrected chi connectivity index (χ1v) is 6.97. The summed E-state index contributed by atoms with van der Waals surface area (Å²) in [6, 6.07) is 11.3. The molecule has 0 fully saturated rings. The van der Waals surface area contributed by atoms with Crippen LogP contribution < -0.4 is 0 Å². The normalized spacial score (nSPS) is 11.2. The van der Waals surface area contributed by atoms with Crippen molar-refractivity contribution in [2.24, 2.45) is 10.2 Å². The van der Waals surface area contributed by atoms with E-state index in [1.54, 1.807) is 40.9 Å². The number of benzene rings is 1. The van der Waals surface area contributed by atoms with Gasteiger partial charge in [-0.1, -0.05) is 12.1 Å². The molecule has 2 heterocycles. The molecule has 0 aliphatic rings. The largest absolute Gasteiger partial charge is 0.481 e. The molecule has 0 radical (unpaired) electrons. The van der Waals surface area contributed by atoms with E-state index in [1.165, 1.54) is 12.1 Å².